The molecule has 0 bridgehead atoms. The number of nitrogens with zero attached hydrogens (tertiary/aromatic N) is 1. The zero-order chi connectivity index (χ0) is 17.5. The van der Waals surface area contributed by atoms with E-state index in [-0.39, 0.29) is 10.7 Å². The van der Waals surface area contributed by atoms with Crippen LogP contribution in [0.4, 0.5) is 0 Å². The summed E-state index contributed by atoms with van der Waals surface area (Å²) in [6, 6.07) is 6.29. The van der Waals surface area contributed by atoms with Gasteiger partial charge in [0, 0.05) is 34.7 Å². The smallest absolute Gasteiger partial charge is 0.214 e. The monoisotopic (exact) mass is 412 g/mol. The molecule has 1 N–H and O–H groups in total. The minimum Gasteiger partial charge on any atom is -0.346 e. The summed E-state index contributed by atoms with van der Waals surface area (Å²) in [6.45, 7) is 7.79. The second-order valence-corrected chi connectivity index (χ2v) is 10.8. The maximum atomic E-state index is 12.0. The number of hydrogen-bond acceptors (Lipinski definition) is 2. The predicted molar refractivity (Wildman–Crippen MR) is 103 cm³/mol. The van der Waals surface area contributed by atoms with E-state index in [4.69, 9.17) is 0 Å². The summed E-state index contributed by atoms with van der Waals surface area (Å²) >= 11 is 3.56. The molecule has 4 nitrogen and oxygen atoms in total. The lowest BCUT2D eigenvalue weighted by molar-refractivity contribution is 0.412. The van der Waals surface area contributed by atoms with E-state index >= 15 is 0 Å². The van der Waals surface area contributed by atoms with Gasteiger partial charge in [0.25, 0.3) is 0 Å². The lowest BCUT2D eigenvalue weighted by atomic mass is 9.88. The Hall–Kier alpha value is -0.850. The van der Waals surface area contributed by atoms with Gasteiger partial charge in [0.1, 0.15) is 0 Å². The molecule has 1 aromatic carbocycles. The number of rotatable bonds is 6. The molecule has 132 valence electrons. The number of benzene rings is 1. The van der Waals surface area contributed by atoms with Crippen molar-refractivity contribution in [2.75, 3.05) is 6.54 Å². The average Bonchev–Trinajstić information content (AvgIpc) is 3.25. The third-order valence-electron chi connectivity index (χ3n) is 4.27. The van der Waals surface area contributed by atoms with Crippen LogP contribution < -0.4 is 4.72 Å². The van der Waals surface area contributed by atoms with Crippen molar-refractivity contribution in [2.24, 2.45) is 5.41 Å². The Morgan fingerprint density at radius 2 is 2.00 bits per heavy atom. The molecule has 0 atom stereocenters. The van der Waals surface area contributed by atoms with Crippen molar-refractivity contribution in [2.45, 2.75) is 51.8 Å². The Bertz CT molecular complexity index is 846. The van der Waals surface area contributed by atoms with E-state index in [1.807, 2.05) is 6.07 Å². The van der Waals surface area contributed by atoms with Crippen molar-refractivity contribution in [3.05, 3.63) is 34.4 Å². The second kappa shape index (κ2) is 6.46. The van der Waals surface area contributed by atoms with E-state index in [1.165, 1.54) is 10.9 Å². The third kappa shape index (κ3) is 4.21. The van der Waals surface area contributed by atoms with E-state index in [9.17, 15) is 8.42 Å². The molecule has 3 rings (SSSR count). The van der Waals surface area contributed by atoms with Gasteiger partial charge < -0.3 is 4.57 Å². The van der Waals surface area contributed by atoms with Crippen LogP contribution in [-0.2, 0) is 23.0 Å². The standard InChI is InChI=1S/C18H25BrN2O2S/c1-18(2,3)11-13-12-21(17-7-4-14(19)10-16(13)17)9-8-20-24(22,23)15-5-6-15/h4,7,10,12,15,20H,5-6,8-9,11H2,1-3H3. The molecule has 0 amide bonds. The number of hydrogen-bond donors (Lipinski definition) is 1. The molecular weight excluding hydrogens is 388 g/mol. The first-order valence-corrected chi connectivity index (χ1v) is 10.8. The Kier molecular flexibility index (Phi) is 4.84. The number of halogens is 1. The first-order chi connectivity index (χ1) is 11.2. The summed E-state index contributed by atoms with van der Waals surface area (Å²) in [5.41, 5.74) is 2.67. The molecule has 0 spiro atoms. The maximum Gasteiger partial charge on any atom is 0.214 e. The van der Waals surface area contributed by atoms with Crippen LogP contribution in [-0.4, -0.2) is 24.8 Å². The Labute approximate surface area is 152 Å². The van der Waals surface area contributed by atoms with E-state index in [0.717, 1.165) is 29.3 Å². The summed E-state index contributed by atoms with van der Waals surface area (Å²) in [7, 11) is -3.11. The highest BCUT2D eigenvalue weighted by atomic mass is 79.9. The van der Waals surface area contributed by atoms with Crippen LogP contribution in [0.5, 0.6) is 0 Å². The highest BCUT2D eigenvalue weighted by Gasteiger charge is 2.35. The van der Waals surface area contributed by atoms with Crippen LogP contribution in [0.3, 0.4) is 0 Å². The molecule has 0 aliphatic heterocycles. The van der Waals surface area contributed by atoms with Crippen LogP contribution in [0.15, 0.2) is 28.9 Å². The van der Waals surface area contributed by atoms with Gasteiger partial charge in [-0.1, -0.05) is 36.7 Å². The molecule has 2 aromatic rings. The topological polar surface area (TPSA) is 51.1 Å². The van der Waals surface area contributed by atoms with Crippen LogP contribution in [0, 0.1) is 5.41 Å². The van der Waals surface area contributed by atoms with Crippen molar-refractivity contribution in [1.82, 2.24) is 9.29 Å². The van der Waals surface area contributed by atoms with Gasteiger partial charge in [0.2, 0.25) is 10.0 Å². The van der Waals surface area contributed by atoms with Crippen molar-refractivity contribution in [3.8, 4) is 0 Å². The van der Waals surface area contributed by atoms with Gasteiger partial charge in [-0.05, 0) is 48.4 Å². The van der Waals surface area contributed by atoms with Crippen LogP contribution in [0.25, 0.3) is 10.9 Å². The van der Waals surface area contributed by atoms with Crippen molar-refractivity contribution >= 4 is 36.9 Å². The molecule has 1 fully saturated rings. The van der Waals surface area contributed by atoms with Crippen molar-refractivity contribution in [3.63, 3.8) is 0 Å². The predicted octanol–water partition coefficient (Wildman–Crippen LogP) is 4.07. The minimum atomic E-state index is -3.11. The van der Waals surface area contributed by atoms with Crippen molar-refractivity contribution in [1.29, 1.82) is 0 Å². The summed E-state index contributed by atoms with van der Waals surface area (Å²) in [5.74, 6) is 0. The quantitative estimate of drug-likeness (QED) is 0.776. The van der Waals surface area contributed by atoms with E-state index < -0.39 is 10.0 Å². The van der Waals surface area contributed by atoms with Crippen LogP contribution >= 0.6 is 15.9 Å². The average molecular weight is 413 g/mol. The van der Waals surface area contributed by atoms with Gasteiger partial charge in [0.05, 0.1) is 5.25 Å². The SMILES string of the molecule is CC(C)(C)Cc1cn(CCNS(=O)(=O)C2CC2)c2ccc(Br)cc12. The number of nitrogens with one attached hydrogen (secondary N) is 1. The summed E-state index contributed by atoms with van der Waals surface area (Å²) in [4.78, 5) is 0. The molecule has 1 aromatic heterocycles. The lowest BCUT2D eigenvalue weighted by Crippen LogP contribution is -2.30. The lowest BCUT2D eigenvalue weighted by Gasteiger charge is -2.17. The normalized spacial score (nSPS) is 16.0. The molecule has 1 aliphatic carbocycles. The largest absolute Gasteiger partial charge is 0.346 e. The maximum absolute atomic E-state index is 12.0. The molecule has 24 heavy (non-hydrogen) atoms. The molecule has 1 saturated carbocycles. The van der Waals surface area contributed by atoms with Crippen LogP contribution in [0.2, 0.25) is 0 Å². The molecule has 1 heterocycles. The van der Waals surface area contributed by atoms with E-state index in [0.29, 0.717) is 13.1 Å². The first-order valence-electron chi connectivity index (χ1n) is 8.41. The summed E-state index contributed by atoms with van der Waals surface area (Å²) in [6.07, 6.45) is 4.76. The zero-order valence-electron chi connectivity index (χ0n) is 14.5. The molecule has 0 unspecified atom stereocenters. The van der Waals surface area contributed by atoms with Crippen molar-refractivity contribution < 1.29 is 8.42 Å². The third-order valence-corrected chi connectivity index (χ3v) is 6.71. The van der Waals surface area contributed by atoms with Gasteiger partial charge in [0.15, 0.2) is 0 Å². The summed E-state index contributed by atoms with van der Waals surface area (Å²) in [5, 5.41) is 1.08. The molecule has 1 aliphatic rings. The number of fused-ring (bicyclic) bond motifs is 1. The highest BCUT2D eigenvalue weighted by Crippen LogP contribution is 2.30. The van der Waals surface area contributed by atoms with Gasteiger partial charge in [-0.3, -0.25) is 0 Å². The van der Waals surface area contributed by atoms with Gasteiger partial charge in [-0.2, -0.15) is 0 Å². The fourth-order valence-corrected chi connectivity index (χ4v) is 4.77. The Morgan fingerprint density at radius 1 is 1.29 bits per heavy atom. The molecule has 0 radical (unpaired) electrons. The van der Waals surface area contributed by atoms with E-state index in [2.05, 4.69) is 64.3 Å². The Balaban J connectivity index is 1.82. The molecule has 0 saturated heterocycles. The highest BCUT2D eigenvalue weighted by molar-refractivity contribution is 9.10. The second-order valence-electron chi connectivity index (χ2n) is 7.89. The van der Waals surface area contributed by atoms with Gasteiger partial charge in [-0.25, -0.2) is 13.1 Å². The number of aromatic nitrogens is 1. The zero-order valence-corrected chi connectivity index (χ0v) is 16.9. The fraction of sp³-hybridized carbons (Fsp3) is 0.556. The van der Waals surface area contributed by atoms with Crippen LogP contribution in [0.1, 0.15) is 39.2 Å². The Morgan fingerprint density at radius 3 is 2.62 bits per heavy atom. The number of sulfonamides is 1. The summed E-state index contributed by atoms with van der Waals surface area (Å²) < 4.78 is 29.9. The fourth-order valence-electron chi connectivity index (χ4n) is 3.04. The van der Waals surface area contributed by atoms with Gasteiger partial charge >= 0.3 is 0 Å². The molecular formula is C18H25BrN2O2S. The van der Waals surface area contributed by atoms with E-state index in [1.54, 1.807) is 0 Å². The molecule has 6 heteroatoms. The van der Waals surface area contributed by atoms with Gasteiger partial charge in [-0.15, -0.1) is 0 Å². The minimum absolute atomic E-state index is 0.161. The first kappa shape index (κ1) is 18.0.